The highest BCUT2D eigenvalue weighted by Crippen LogP contribution is 2.31. The van der Waals surface area contributed by atoms with E-state index in [2.05, 4.69) is 15.6 Å². The molecule has 6 heteroatoms. The molecule has 0 aliphatic carbocycles. The second-order valence-corrected chi connectivity index (χ2v) is 8.51. The highest BCUT2D eigenvalue weighted by molar-refractivity contribution is 7.91. The first kappa shape index (κ1) is 16.6. The van der Waals surface area contributed by atoms with Gasteiger partial charge in [-0.3, -0.25) is 4.98 Å². The van der Waals surface area contributed by atoms with Crippen LogP contribution >= 0.6 is 0 Å². The summed E-state index contributed by atoms with van der Waals surface area (Å²) in [6.45, 7) is 0.668. The third kappa shape index (κ3) is 2.82. The number of nitrogens with zero attached hydrogens (tertiary/aromatic N) is 2. The summed E-state index contributed by atoms with van der Waals surface area (Å²) in [5.74, 6) is 0.825. The number of fused-ring (bicyclic) bond motifs is 3. The SMILES string of the molecule is COc1ccc2c(c1)c1ccncc1n2Cc1ccc(S(C)(=N)=O)cc1. The van der Waals surface area contributed by atoms with Crippen LogP contribution in [-0.2, 0) is 16.3 Å². The summed E-state index contributed by atoms with van der Waals surface area (Å²) >= 11 is 0. The van der Waals surface area contributed by atoms with Crippen LogP contribution in [0.15, 0.2) is 65.8 Å². The zero-order valence-electron chi connectivity index (χ0n) is 14.6. The Hall–Kier alpha value is -2.86. The monoisotopic (exact) mass is 365 g/mol. The zero-order valence-corrected chi connectivity index (χ0v) is 15.4. The first-order valence-electron chi connectivity index (χ1n) is 8.20. The van der Waals surface area contributed by atoms with Gasteiger partial charge >= 0.3 is 0 Å². The number of benzene rings is 2. The number of ether oxygens (including phenoxy) is 1. The summed E-state index contributed by atoms with van der Waals surface area (Å²) in [7, 11) is -1.02. The molecule has 2 aromatic heterocycles. The predicted molar refractivity (Wildman–Crippen MR) is 104 cm³/mol. The first-order valence-corrected chi connectivity index (χ1v) is 10.2. The maximum Gasteiger partial charge on any atom is 0.119 e. The third-order valence-corrected chi connectivity index (χ3v) is 5.76. The minimum atomic E-state index is -2.69. The molecule has 4 rings (SSSR count). The summed E-state index contributed by atoms with van der Waals surface area (Å²) < 4.78 is 27.2. The number of hydrogen-bond donors (Lipinski definition) is 1. The van der Waals surface area contributed by atoms with Crippen LogP contribution < -0.4 is 4.74 Å². The van der Waals surface area contributed by atoms with E-state index >= 15 is 0 Å². The second kappa shape index (κ2) is 6.14. The van der Waals surface area contributed by atoms with Crippen LogP contribution in [-0.4, -0.2) is 27.1 Å². The Balaban J connectivity index is 1.85. The van der Waals surface area contributed by atoms with Crippen molar-refractivity contribution in [3.05, 3.63) is 66.5 Å². The molecule has 0 aliphatic heterocycles. The molecule has 2 heterocycles. The van der Waals surface area contributed by atoms with Crippen LogP contribution in [0.3, 0.4) is 0 Å². The number of pyridine rings is 1. The van der Waals surface area contributed by atoms with E-state index < -0.39 is 9.73 Å². The summed E-state index contributed by atoms with van der Waals surface area (Å²) in [6.07, 6.45) is 5.11. The summed E-state index contributed by atoms with van der Waals surface area (Å²) in [5.41, 5.74) is 3.24. The fraction of sp³-hybridized carbons (Fsp3) is 0.150. The largest absolute Gasteiger partial charge is 0.497 e. The smallest absolute Gasteiger partial charge is 0.119 e. The van der Waals surface area contributed by atoms with Crippen molar-refractivity contribution >= 4 is 31.5 Å². The van der Waals surface area contributed by atoms with Crippen LogP contribution in [0.5, 0.6) is 5.75 Å². The van der Waals surface area contributed by atoms with Crippen molar-refractivity contribution < 1.29 is 8.95 Å². The van der Waals surface area contributed by atoms with Crippen molar-refractivity contribution in [2.24, 2.45) is 0 Å². The molecular formula is C20H19N3O2S. The molecule has 0 radical (unpaired) electrons. The lowest BCUT2D eigenvalue weighted by atomic mass is 10.2. The van der Waals surface area contributed by atoms with E-state index in [0.29, 0.717) is 11.4 Å². The minimum absolute atomic E-state index is 0.551. The van der Waals surface area contributed by atoms with Gasteiger partial charge in [0.15, 0.2) is 0 Å². The lowest BCUT2D eigenvalue weighted by Gasteiger charge is -2.09. The van der Waals surface area contributed by atoms with Gasteiger partial charge in [0.05, 0.1) is 28.6 Å². The number of nitrogens with one attached hydrogen (secondary N) is 1. The van der Waals surface area contributed by atoms with E-state index in [1.54, 1.807) is 25.4 Å². The number of rotatable bonds is 4. The van der Waals surface area contributed by atoms with Gasteiger partial charge in [-0.1, -0.05) is 12.1 Å². The van der Waals surface area contributed by atoms with Crippen molar-refractivity contribution in [1.82, 2.24) is 9.55 Å². The van der Waals surface area contributed by atoms with E-state index in [1.165, 1.54) is 6.26 Å². The van der Waals surface area contributed by atoms with E-state index in [-0.39, 0.29) is 0 Å². The summed E-state index contributed by atoms with van der Waals surface area (Å²) in [4.78, 5) is 4.84. The number of aromatic nitrogens is 2. The van der Waals surface area contributed by atoms with Gasteiger partial charge in [-0.15, -0.1) is 0 Å². The van der Waals surface area contributed by atoms with Gasteiger partial charge in [-0.2, -0.15) is 0 Å². The van der Waals surface area contributed by atoms with Crippen molar-refractivity contribution in [3.63, 3.8) is 0 Å². The quantitative estimate of drug-likeness (QED) is 0.587. The van der Waals surface area contributed by atoms with Crippen LogP contribution in [0.2, 0.25) is 0 Å². The van der Waals surface area contributed by atoms with Crippen LogP contribution in [0.4, 0.5) is 0 Å². The Morgan fingerprint density at radius 2 is 1.85 bits per heavy atom. The molecule has 4 aromatic rings. The molecule has 132 valence electrons. The highest BCUT2D eigenvalue weighted by Gasteiger charge is 2.12. The molecule has 0 spiro atoms. The predicted octanol–water partition coefficient (Wildman–Crippen LogP) is 4.28. The summed E-state index contributed by atoms with van der Waals surface area (Å²) in [5, 5.41) is 2.26. The third-order valence-electron chi connectivity index (χ3n) is 4.59. The van der Waals surface area contributed by atoms with Crippen LogP contribution in [0.1, 0.15) is 5.56 Å². The Bertz CT molecular complexity index is 1210. The molecule has 1 atom stereocenters. The van der Waals surface area contributed by atoms with Gasteiger partial charge in [0.1, 0.15) is 5.75 Å². The maximum absolute atomic E-state index is 11.9. The van der Waals surface area contributed by atoms with Crippen molar-refractivity contribution in [2.75, 3.05) is 13.4 Å². The van der Waals surface area contributed by atoms with Gasteiger partial charge < -0.3 is 9.30 Å². The van der Waals surface area contributed by atoms with E-state index in [4.69, 9.17) is 9.52 Å². The van der Waals surface area contributed by atoms with Crippen LogP contribution in [0, 0.1) is 4.78 Å². The van der Waals surface area contributed by atoms with Crippen molar-refractivity contribution in [1.29, 1.82) is 4.78 Å². The molecule has 1 unspecified atom stereocenters. The van der Waals surface area contributed by atoms with Gasteiger partial charge in [0.25, 0.3) is 0 Å². The number of hydrogen-bond acceptors (Lipinski definition) is 4. The summed E-state index contributed by atoms with van der Waals surface area (Å²) in [6, 6.07) is 15.5. The topological polar surface area (TPSA) is 68.0 Å². The molecule has 0 bridgehead atoms. The van der Waals surface area contributed by atoms with Gasteiger partial charge in [0.2, 0.25) is 0 Å². The van der Waals surface area contributed by atoms with Crippen molar-refractivity contribution in [3.8, 4) is 5.75 Å². The van der Waals surface area contributed by atoms with E-state index in [0.717, 1.165) is 33.1 Å². The molecule has 26 heavy (non-hydrogen) atoms. The minimum Gasteiger partial charge on any atom is -0.497 e. The van der Waals surface area contributed by atoms with Gasteiger partial charge in [-0.05, 0) is 42.0 Å². The first-order chi connectivity index (χ1) is 12.5. The fourth-order valence-electron chi connectivity index (χ4n) is 3.26. The lowest BCUT2D eigenvalue weighted by Crippen LogP contribution is -2.01. The molecule has 0 aliphatic rings. The molecule has 0 saturated carbocycles. The molecule has 0 fully saturated rings. The van der Waals surface area contributed by atoms with Crippen LogP contribution in [0.25, 0.3) is 21.8 Å². The Morgan fingerprint density at radius 1 is 1.08 bits per heavy atom. The fourth-order valence-corrected chi connectivity index (χ4v) is 3.91. The molecule has 0 saturated heterocycles. The molecule has 2 aromatic carbocycles. The normalized spacial score (nSPS) is 13.8. The molecule has 5 nitrogen and oxygen atoms in total. The Morgan fingerprint density at radius 3 is 2.54 bits per heavy atom. The Labute approximate surface area is 152 Å². The highest BCUT2D eigenvalue weighted by atomic mass is 32.2. The van der Waals surface area contributed by atoms with Crippen molar-refractivity contribution in [2.45, 2.75) is 11.4 Å². The maximum atomic E-state index is 11.9. The van der Waals surface area contributed by atoms with E-state index in [1.807, 2.05) is 36.5 Å². The van der Waals surface area contributed by atoms with E-state index in [9.17, 15) is 4.21 Å². The molecular weight excluding hydrogens is 346 g/mol. The van der Waals surface area contributed by atoms with Gasteiger partial charge in [0, 0.05) is 40.2 Å². The second-order valence-electron chi connectivity index (χ2n) is 6.35. The lowest BCUT2D eigenvalue weighted by molar-refractivity contribution is 0.415. The van der Waals surface area contributed by atoms with Gasteiger partial charge in [-0.25, -0.2) is 8.99 Å². The number of methoxy groups -OCH3 is 1. The zero-order chi connectivity index (χ0) is 18.3. The Kier molecular flexibility index (Phi) is 3.92. The average Bonchev–Trinajstić information content (AvgIpc) is 2.95. The molecule has 0 amide bonds. The standard InChI is InChI=1S/C20H19N3O2S/c1-25-15-5-8-19-18(11-15)17-9-10-22-12-20(17)23(19)13-14-3-6-16(7-4-14)26(2,21)24/h3-12,21H,13H2,1-2H3. The molecule has 1 N–H and O–H groups in total. The average molecular weight is 365 g/mol.